The molecule has 2 unspecified atom stereocenters. The SMILES string of the molecule is CCc1c(C)sc(NC(=O)C2CCCCC2C(=O)[O-])c1C(N)=O. The number of thiophene rings is 1. The minimum Gasteiger partial charge on any atom is -0.550 e. The first kappa shape index (κ1) is 17.5. The van der Waals surface area contributed by atoms with Crippen LogP contribution in [0.3, 0.4) is 0 Å². The van der Waals surface area contributed by atoms with E-state index in [1.165, 1.54) is 11.3 Å². The van der Waals surface area contributed by atoms with E-state index in [1.54, 1.807) is 0 Å². The van der Waals surface area contributed by atoms with Gasteiger partial charge in [-0.05, 0) is 31.7 Å². The number of amides is 2. The Morgan fingerprint density at radius 3 is 2.39 bits per heavy atom. The fraction of sp³-hybridized carbons (Fsp3) is 0.562. The summed E-state index contributed by atoms with van der Waals surface area (Å²) in [5.74, 6) is -3.53. The molecule has 1 aromatic heterocycles. The summed E-state index contributed by atoms with van der Waals surface area (Å²) in [5, 5.41) is 14.4. The van der Waals surface area contributed by atoms with Gasteiger partial charge >= 0.3 is 0 Å². The number of nitrogens with one attached hydrogen (secondary N) is 1. The van der Waals surface area contributed by atoms with E-state index < -0.39 is 23.7 Å². The zero-order chi connectivity index (χ0) is 17.1. The number of aliphatic carboxylic acids is 1. The predicted molar refractivity (Wildman–Crippen MR) is 86.0 cm³/mol. The molecule has 1 heterocycles. The highest BCUT2D eigenvalue weighted by Gasteiger charge is 2.33. The maximum Gasteiger partial charge on any atom is 0.251 e. The summed E-state index contributed by atoms with van der Waals surface area (Å²) < 4.78 is 0. The number of hydrogen-bond donors (Lipinski definition) is 2. The van der Waals surface area contributed by atoms with Crippen molar-refractivity contribution in [2.75, 3.05) is 5.32 Å². The van der Waals surface area contributed by atoms with Gasteiger partial charge in [-0.15, -0.1) is 11.3 Å². The van der Waals surface area contributed by atoms with Gasteiger partial charge in [-0.25, -0.2) is 0 Å². The van der Waals surface area contributed by atoms with Crippen molar-refractivity contribution >= 4 is 34.1 Å². The highest BCUT2D eigenvalue weighted by Crippen LogP contribution is 2.35. The van der Waals surface area contributed by atoms with Gasteiger partial charge in [0.2, 0.25) is 5.91 Å². The lowest BCUT2D eigenvalue weighted by Crippen LogP contribution is -2.42. The van der Waals surface area contributed by atoms with Crippen molar-refractivity contribution in [2.24, 2.45) is 17.6 Å². The first-order chi connectivity index (χ1) is 10.9. The molecule has 0 bridgehead atoms. The van der Waals surface area contributed by atoms with E-state index >= 15 is 0 Å². The molecule has 126 valence electrons. The molecule has 7 heteroatoms. The van der Waals surface area contributed by atoms with Gasteiger partial charge < -0.3 is 21.0 Å². The number of anilines is 1. The molecule has 1 fully saturated rings. The predicted octanol–water partition coefficient (Wildman–Crippen LogP) is 1.21. The second kappa shape index (κ2) is 7.12. The second-order valence-electron chi connectivity index (χ2n) is 5.86. The van der Waals surface area contributed by atoms with Crippen LogP contribution < -0.4 is 16.2 Å². The molecule has 0 spiro atoms. The van der Waals surface area contributed by atoms with Gasteiger partial charge in [-0.3, -0.25) is 9.59 Å². The number of primary amides is 1. The van der Waals surface area contributed by atoms with Crippen LogP contribution >= 0.6 is 11.3 Å². The Bertz CT molecular complexity index is 638. The Morgan fingerprint density at radius 2 is 1.87 bits per heavy atom. The van der Waals surface area contributed by atoms with Crippen LogP contribution in [0.1, 0.15) is 53.4 Å². The third-order valence-electron chi connectivity index (χ3n) is 4.45. The lowest BCUT2D eigenvalue weighted by Gasteiger charge is -2.31. The number of aryl methyl sites for hydroxylation is 1. The van der Waals surface area contributed by atoms with E-state index in [0.29, 0.717) is 29.8 Å². The first-order valence-electron chi connectivity index (χ1n) is 7.80. The van der Waals surface area contributed by atoms with Crippen molar-refractivity contribution in [1.29, 1.82) is 0 Å². The van der Waals surface area contributed by atoms with Gasteiger partial charge in [0.25, 0.3) is 5.91 Å². The number of carbonyl (C=O) groups excluding carboxylic acids is 3. The topological polar surface area (TPSA) is 112 Å². The van der Waals surface area contributed by atoms with E-state index in [1.807, 2.05) is 13.8 Å². The smallest absolute Gasteiger partial charge is 0.251 e. The van der Waals surface area contributed by atoms with Gasteiger partial charge in [0.1, 0.15) is 5.00 Å². The Kier molecular flexibility index (Phi) is 5.41. The molecule has 6 nitrogen and oxygen atoms in total. The van der Waals surface area contributed by atoms with Crippen molar-refractivity contribution in [3.8, 4) is 0 Å². The molecule has 1 aromatic rings. The van der Waals surface area contributed by atoms with Crippen LogP contribution in [0.15, 0.2) is 0 Å². The molecular formula is C16H21N2O4S-. The summed E-state index contributed by atoms with van der Waals surface area (Å²) in [6, 6.07) is 0. The van der Waals surface area contributed by atoms with E-state index in [2.05, 4.69) is 5.32 Å². The first-order valence-corrected chi connectivity index (χ1v) is 8.62. The molecule has 0 aliphatic heterocycles. The van der Waals surface area contributed by atoms with E-state index in [4.69, 9.17) is 5.73 Å². The molecule has 23 heavy (non-hydrogen) atoms. The quantitative estimate of drug-likeness (QED) is 0.841. The number of carboxylic acid groups (broad SMARTS) is 1. The third-order valence-corrected chi connectivity index (χ3v) is 5.51. The van der Waals surface area contributed by atoms with Crippen LogP contribution in [0.2, 0.25) is 0 Å². The normalized spacial score (nSPS) is 21.0. The zero-order valence-corrected chi connectivity index (χ0v) is 14.1. The zero-order valence-electron chi connectivity index (χ0n) is 13.3. The molecule has 2 rings (SSSR count). The van der Waals surface area contributed by atoms with Crippen LogP contribution in [-0.4, -0.2) is 17.8 Å². The van der Waals surface area contributed by atoms with Crippen molar-refractivity contribution in [3.63, 3.8) is 0 Å². The summed E-state index contributed by atoms with van der Waals surface area (Å²) in [6.45, 7) is 3.79. The fourth-order valence-corrected chi connectivity index (χ4v) is 4.44. The van der Waals surface area contributed by atoms with Gasteiger partial charge in [-0.2, -0.15) is 0 Å². The Morgan fingerprint density at radius 1 is 1.26 bits per heavy atom. The summed E-state index contributed by atoms with van der Waals surface area (Å²) in [7, 11) is 0. The molecule has 2 atom stereocenters. The van der Waals surface area contributed by atoms with Gasteiger partial charge in [-0.1, -0.05) is 19.8 Å². The number of carboxylic acids is 1. The minimum absolute atomic E-state index is 0.337. The largest absolute Gasteiger partial charge is 0.550 e. The van der Waals surface area contributed by atoms with Crippen molar-refractivity contribution < 1.29 is 19.5 Å². The second-order valence-corrected chi connectivity index (χ2v) is 7.09. The fourth-order valence-electron chi connectivity index (χ4n) is 3.28. The molecule has 3 N–H and O–H groups in total. The summed E-state index contributed by atoms with van der Waals surface area (Å²) in [6.07, 6.45) is 3.21. The van der Waals surface area contributed by atoms with Gasteiger partial charge in [0, 0.05) is 22.7 Å². The van der Waals surface area contributed by atoms with Crippen molar-refractivity contribution in [1.82, 2.24) is 0 Å². The maximum atomic E-state index is 12.5. The van der Waals surface area contributed by atoms with Crippen molar-refractivity contribution in [3.05, 3.63) is 16.0 Å². The summed E-state index contributed by atoms with van der Waals surface area (Å²) in [4.78, 5) is 36.4. The van der Waals surface area contributed by atoms with Crippen molar-refractivity contribution in [2.45, 2.75) is 46.0 Å². The van der Waals surface area contributed by atoms with Crippen LogP contribution in [0.5, 0.6) is 0 Å². The van der Waals surface area contributed by atoms with E-state index in [9.17, 15) is 19.5 Å². The molecule has 0 radical (unpaired) electrons. The highest BCUT2D eigenvalue weighted by molar-refractivity contribution is 7.16. The lowest BCUT2D eigenvalue weighted by molar-refractivity contribution is -0.313. The highest BCUT2D eigenvalue weighted by atomic mass is 32.1. The molecular weight excluding hydrogens is 316 g/mol. The summed E-state index contributed by atoms with van der Waals surface area (Å²) >= 11 is 1.30. The maximum absolute atomic E-state index is 12.5. The van der Waals surface area contributed by atoms with E-state index in [-0.39, 0.29) is 5.91 Å². The average Bonchev–Trinajstić information content (AvgIpc) is 2.82. The van der Waals surface area contributed by atoms with E-state index in [0.717, 1.165) is 23.3 Å². The Hall–Kier alpha value is -1.89. The molecule has 2 amide bonds. The standard InChI is InChI=1S/C16H22N2O4S/c1-3-9-8(2)23-15(12(9)13(17)19)18-14(20)10-6-4-5-7-11(10)16(21)22/h10-11H,3-7H2,1-2H3,(H2,17,19)(H,18,20)(H,21,22)/p-1. The van der Waals surface area contributed by atoms with Crippen LogP contribution in [0, 0.1) is 18.8 Å². The monoisotopic (exact) mass is 337 g/mol. The summed E-state index contributed by atoms with van der Waals surface area (Å²) in [5.41, 5.74) is 6.61. The average molecular weight is 337 g/mol. The van der Waals surface area contributed by atoms with Gasteiger partial charge in [0.05, 0.1) is 5.56 Å². The molecule has 1 saturated carbocycles. The number of rotatable bonds is 5. The molecule has 1 aliphatic carbocycles. The van der Waals surface area contributed by atoms with Crippen LogP contribution in [-0.2, 0) is 16.0 Å². The Labute approximate surface area is 139 Å². The third kappa shape index (κ3) is 3.55. The number of hydrogen-bond acceptors (Lipinski definition) is 5. The van der Waals surface area contributed by atoms with Crippen LogP contribution in [0.25, 0.3) is 0 Å². The lowest BCUT2D eigenvalue weighted by atomic mass is 9.79. The number of nitrogens with two attached hydrogens (primary N) is 1. The molecule has 0 saturated heterocycles. The minimum atomic E-state index is -1.18. The number of carbonyl (C=O) groups is 3. The Balaban J connectivity index is 2.26. The van der Waals surface area contributed by atoms with Crippen LogP contribution in [0.4, 0.5) is 5.00 Å². The van der Waals surface area contributed by atoms with Gasteiger partial charge in [0.15, 0.2) is 0 Å². The molecule has 1 aliphatic rings. The molecule has 0 aromatic carbocycles.